The van der Waals surface area contributed by atoms with Gasteiger partial charge in [-0.2, -0.15) is 0 Å². The molecule has 1 aliphatic rings. The Morgan fingerprint density at radius 1 is 0.950 bits per heavy atom. The Morgan fingerprint density at radius 3 is 2.67 bits per heavy atom. The molecule has 7 rings (SSSR count). The fourth-order valence-electron chi connectivity index (χ4n) is 4.84. The number of carbonyl (C=O) groups is 1. The third-order valence-corrected chi connectivity index (χ3v) is 7.81. The van der Waals surface area contributed by atoms with Gasteiger partial charge in [0.2, 0.25) is 0 Å². The molecule has 0 saturated carbocycles. The van der Waals surface area contributed by atoms with Crippen LogP contribution in [-0.4, -0.2) is 37.4 Å². The van der Waals surface area contributed by atoms with Gasteiger partial charge in [0.05, 0.1) is 41.2 Å². The van der Waals surface area contributed by atoms with E-state index >= 15 is 0 Å². The summed E-state index contributed by atoms with van der Waals surface area (Å²) in [5, 5.41) is 6.33. The number of fused-ring (bicyclic) bond motifs is 2. The third kappa shape index (κ3) is 4.42. The minimum absolute atomic E-state index is 0.191. The SMILES string of the molecule is Cc1ccc(-c2cncc3[nH]c(C4=CCNc5cnc(-c6cncc(NC(=O)c7ccccc7)c6)cc54)nc23)s1. The van der Waals surface area contributed by atoms with Crippen LogP contribution >= 0.6 is 11.3 Å². The molecule has 0 unspecified atom stereocenters. The number of anilines is 2. The lowest BCUT2D eigenvalue weighted by molar-refractivity contribution is 0.102. The Hall–Kier alpha value is -5.15. The number of rotatable bonds is 5. The molecule has 194 valence electrons. The molecular formula is C31H23N7OS. The second-order valence-electron chi connectivity index (χ2n) is 9.48. The van der Waals surface area contributed by atoms with Crippen molar-refractivity contribution >= 4 is 45.2 Å². The molecule has 6 heterocycles. The summed E-state index contributed by atoms with van der Waals surface area (Å²) in [4.78, 5) is 37.1. The first kappa shape index (κ1) is 23.9. The first-order chi connectivity index (χ1) is 19.6. The van der Waals surface area contributed by atoms with Crippen molar-refractivity contribution in [1.82, 2.24) is 24.9 Å². The Balaban J connectivity index is 1.23. The number of imidazole rings is 1. The number of H-pyrrole nitrogens is 1. The van der Waals surface area contributed by atoms with Crippen molar-refractivity contribution in [2.75, 3.05) is 17.2 Å². The number of pyridine rings is 3. The molecule has 0 atom stereocenters. The van der Waals surface area contributed by atoms with Crippen LogP contribution in [0, 0.1) is 6.92 Å². The Labute approximate surface area is 233 Å². The fraction of sp³-hybridized carbons (Fsp3) is 0.0645. The van der Waals surface area contributed by atoms with E-state index in [1.165, 1.54) is 4.88 Å². The number of nitrogens with one attached hydrogen (secondary N) is 3. The Bertz CT molecular complexity index is 1920. The molecular weight excluding hydrogens is 518 g/mol. The molecule has 0 aliphatic carbocycles. The molecule has 1 amide bonds. The van der Waals surface area contributed by atoms with Gasteiger partial charge in [-0.15, -0.1) is 11.3 Å². The van der Waals surface area contributed by atoms with E-state index in [4.69, 9.17) is 4.98 Å². The van der Waals surface area contributed by atoms with Gasteiger partial charge in [0.15, 0.2) is 0 Å². The lowest BCUT2D eigenvalue weighted by atomic mass is 9.99. The lowest BCUT2D eigenvalue weighted by Crippen LogP contribution is -2.12. The predicted octanol–water partition coefficient (Wildman–Crippen LogP) is 6.56. The first-order valence-electron chi connectivity index (χ1n) is 12.8. The van der Waals surface area contributed by atoms with Crippen molar-refractivity contribution in [1.29, 1.82) is 0 Å². The van der Waals surface area contributed by atoms with Crippen molar-refractivity contribution in [3.8, 4) is 21.7 Å². The number of aryl methyl sites for hydroxylation is 1. The summed E-state index contributed by atoms with van der Waals surface area (Å²) in [6.07, 6.45) is 11.0. The highest BCUT2D eigenvalue weighted by atomic mass is 32.1. The molecule has 0 bridgehead atoms. The highest BCUT2D eigenvalue weighted by Crippen LogP contribution is 2.37. The van der Waals surface area contributed by atoms with E-state index < -0.39 is 0 Å². The Morgan fingerprint density at radius 2 is 1.82 bits per heavy atom. The number of aromatic amines is 1. The number of amides is 1. The normalized spacial score (nSPS) is 12.5. The van der Waals surface area contributed by atoms with Crippen LogP contribution in [0.2, 0.25) is 0 Å². The number of carbonyl (C=O) groups excluding carboxylic acids is 1. The summed E-state index contributed by atoms with van der Waals surface area (Å²) in [6.45, 7) is 2.76. The van der Waals surface area contributed by atoms with E-state index in [0.29, 0.717) is 17.8 Å². The zero-order valence-corrected chi connectivity index (χ0v) is 22.3. The summed E-state index contributed by atoms with van der Waals surface area (Å²) in [6, 6.07) is 17.2. The maximum Gasteiger partial charge on any atom is 0.255 e. The molecule has 3 N–H and O–H groups in total. The van der Waals surface area contributed by atoms with Crippen LogP contribution in [-0.2, 0) is 0 Å². The van der Waals surface area contributed by atoms with E-state index in [0.717, 1.165) is 55.4 Å². The highest BCUT2D eigenvalue weighted by Gasteiger charge is 2.20. The molecule has 1 aliphatic heterocycles. The third-order valence-electron chi connectivity index (χ3n) is 6.78. The summed E-state index contributed by atoms with van der Waals surface area (Å²) in [5.74, 6) is 0.586. The molecule has 40 heavy (non-hydrogen) atoms. The van der Waals surface area contributed by atoms with Gasteiger partial charge in [0, 0.05) is 56.5 Å². The second-order valence-corrected chi connectivity index (χ2v) is 10.8. The minimum atomic E-state index is -0.191. The first-order valence-corrected chi connectivity index (χ1v) is 13.6. The van der Waals surface area contributed by atoms with Gasteiger partial charge in [0.25, 0.3) is 5.91 Å². The van der Waals surface area contributed by atoms with Gasteiger partial charge in [-0.05, 0) is 43.3 Å². The number of thiophene rings is 1. The quantitative estimate of drug-likeness (QED) is 0.228. The van der Waals surface area contributed by atoms with Crippen molar-refractivity contribution in [3.05, 3.63) is 113 Å². The number of hydrogen-bond donors (Lipinski definition) is 3. The molecule has 0 spiro atoms. The van der Waals surface area contributed by atoms with E-state index in [1.54, 1.807) is 35.9 Å². The van der Waals surface area contributed by atoms with Gasteiger partial charge in [-0.1, -0.05) is 24.3 Å². The van der Waals surface area contributed by atoms with Crippen molar-refractivity contribution in [2.45, 2.75) is 6.92 Å². The lowest BCUT2D eigenvalue weighted by Gasteiger charge is -2.19. The maximum atomic E-state index is 12.7. The molecule has 0 fully saturated rings. The van der Waals surface area contributed by atoms with E-state index in [2.05, 4.69) is 55.7 Å². The minimum Gasteiger partial charge on any atom is -0.380 e. The van der Waals surface area contributed by atoms with Gasteiger partial charge in [-0.3, -0.25) is 19.7 Å². The average Bonchev–Trinajstić information content (AvgIpc) is 3.63. The van der Waals surface area contributed by atoms with Crippen LogP contribution < -0.4 is 10.6 Å². The summed E-state index contributed by atoms with van der Waals surface area (Å²) in [7, 11) is 0. The van der Waals surface area contributed by atoms with Crippen molar-refractivity contribution < 1.29 is 4.79 Å². The smallest absolute Gasteiger partial charge is 0.255 e. The highest BCUT2D eigenvalue weighted by molar-refractivity contribution is 7.15. The van der Waals surface area contributed by atoms with Gasteiger partial charge < -0.3 is 15.6 Å². The van der Waals surface area contributed by atoms with Crippen LogP contribution in [0.25, 0.3) is 38.3 Å². The number of benzene rings is 1. The van der Waals surface area contributed by atoms with E-state index in [1.807, 2.05) is 48.9 Å². The monoisotopic (exact) mass is 541 g/mol. The Kier molecular flexibility index (Phi) is 5.90. The van der Waals surface area contributed by atoms with Gasteiger partial charge >= 0.3 is 0 Å². The van der Waals surface area contributed by atoms with E-state index in [-0.39, 0.29) is 5.91 Å². The zero-order valence-electron chi connectivity index (χ0n) is 21.5. The number of nitrogens with zero attached hydrogens (tertiary/aromatic N) is 4. The predicted molar refractivity (Wildman–Crippen MR) is 159 cm³/mol. The van der Waals surface area contributed by atoms with Crippen molar-refractivity contribution in [2.24, 2.45) is 0 Å². The van der Waals surface area contributed by atoms with Crippen molar-refractivity contribution in [3.63, 3.8) is 0 Å². The summed E-state index contributed by atoms with van der Waals surface area (Å²) < 4.78 is 0. The fourth-order valence-corrected chi connectivity index (χ4v) is 5.71. The van der Waals surface area contributed by atoms with Crippen LogP contribution in [0.15, 0.2) is 91.7 Å². The van der Waals surface area contributed by atoms with Crippen LogP contribution in [0.3, 0.4) is 0 Å². The van der Waals surface area contributed by atoms with Gasteiger partial charge in [0.1, 0.15) is 11.3 Å². The molecule has 9 heteroatoms. The summed E-state index contributed by atoms with van der Waals surface area (Å²) >= 11 is 1.73. The topological polar surface area (TPSA) is 108 Å². The molecule has 5 aromatic heterocycles. The zero-order chi connectivity index (χ0) is 27.1. The molecule has 0 saturated heterocycles. The maximum absolute atomic E-state index is 12.7. The average molecular weight is 542 g/mol. The standard InChI is InChI=1S/C31H23N7OS/c1-18-7-8-28(40-18)24-15-33-16-27-29(24)38-30(37-27)22-9-10-34-26-17-35-25(12-23(22)26)20-11-21(14-32-13-20)36-31(39)19-5-3-2-4-6-19/h2-9,11-17,34H,10H2,1H3,(H,36,39)(H,37,38). The molecule has 1 aromatic carbocycles. The van der Waals surface area contributed by atoms with E-state index in [9.17, 15) is 4.79 Å². The number of hydrogen-bond acceptors (Lipinski definition) is 7. The summed E-state index contributed by atoms with van der Waals surface area (Å²) in [5.41, 5.74) is 8.41. The molecule has 6 aromatic rings. The largest absolute Gasteiger partial charge is 0.380 e. The van der Waals surface area contributed by atoms with Gasteiger partial charge in [-0.25, -0.2) is 4.98 Å². The van der Waals surface area contributed by atoms with Crippen LogP contribution in [0.5, 0.6) is 0 Å². The van der Waals surface area contributed by atoms with Crippen LogP contribution in [0.4, 0.5) is 11.4 Å². The van der Waals surface area contributed by atoms with Crippen LogP contribution in [0.1, 0.15) is 26.6 Å². The molecule has 0 radical (unpaired) electrons. The number of aromatic nitrogens is 5. The molecule has 8 nitrogen and oxygen atoms in total. The second kappa shape index (κ2) is 9.87.